The van der Waals surface area contributed by atoms with Gasteiger partial charge in [0.1, 0.15) is 4.32 Å². The monoisotopic (exact) mass is 325 g/mol. The summed E-state index contributed by atoms with van der Waals surface area (Å²) in [7, 11) is 1.45. The van der Waals surface area contributed by atoms with Crippen LogP contribution in [0.15, 0.2) is 23.1 Å². The number of hydrogen-bond donors (Lipinski definition) is 2. The molecule has 1 aliphatic rings. The lowest BCUT2D eigenvalue weighted by Gasteiger charge is -2.09. The number of carboxylic acid groups (broad SMARTS) is 1. The Balaban J connectivity index is 2.23. The van der Waals surface area contributed by atoms with Gasteiger partial charge in [-0.2, -0.15) is 0 Å². The fraction of sp³-hybridized carbons (Fsp3) is 0.154. The Hall–Kier alpha value is -2.06. The summed E-state index contributed by atoms with van der Waals surface area (Å²) in [4.78, 5) is 22.6. The Morgan fingerprint density at radius 2 is 2.24 bits per heavy atom. The molecule has 0 unspecified atom stereocenters. The predicted molar refractivity (Wildman–Crippen MR) is 82.4 cm³/mol. The van der Waals surface area contributed by atoms with Crippen molar-refractivity contribution in [1.82, 2.24) is 5.32 Å². The fourth-order valence-corrected chi connectivity index (χ4v) is 2.65. The maximum Gasteiger partial charge on any atom is 0.341 e. The third-order valence-electron chi connectivity index (χ3n) is 2.48. The van der Waals surface area contributed by atoms with Gasteiger partial charge < -0.3 is 19.9 Å². The number of amides is 1. The van der Waals surface area contributed by atoms with Crippen molar-refractivity contribution in [3.8, 4) is 11.5 Å². The normalized spacial score (nSPS) is 16.0. The molecule has 0 atom stereocenters. The lowest BCUT2D eigenvalue weighted by atomic mass is 10.2. The molecule has 0 spiro atoms. The smallest absolute Gasteiger partial charge is 0.341 e. The minimum absolute atomic E-state index is 0.241. The van der Waals surface area contributed by atoms with Crippen molar-refractivity contribution in [1.29, 1.82) is 0 Å². The number of ether oxygens (including phenoxy) is 2. The summed E-state index contributed by atoms with van der Waals surface area (Å²) < 4.78 is 10.7. The SMILES string of the molecule is COc1cc(C=C2SC(=S)NC2=O)ccc1OCC(=O)O. The van der Waals surface area contributed by atoms with Crippen LogP contribution in [0.4, 0.5) is 0 Å². The first kappa shape index (κ1) is 15.3. The Kier molecular flexibility index (Phi) is 4.81. The van der Waals surface area contributed by atoms with Crippen LogP contribution >= 0.6 is 24.0 Å². The topological polar surface area (TPSA) is 84.9 Å². The first-order valence-corrected chi connectivity index (χ1v) is 6.99. The van der Waals surface area contributed by atoms with Gasteiger partial charge in [0.05, 0.1) is 12.0 Å². The van der Waals surface area contributed by atoms with E-state index in [0.29, 0.717) is 20.7 Å². The lowest BCUT2D eigenvalue weighted by Crippen LogP contribution is -2.17. The highest BCUT2D eigenvalue weighted by Gasteiger charge is 2.22. The molecule has 2 rings (SSSR count). The molecule has 1 aromatic carbocycles. The molecule has 110 valence electrons. The average molecular weight is 325 g/mol. The standard InChI is InChI=1S/C13H11NO5S2/c1-18-9-4-7(2-3-8(9)19-6-11(15)16)5-10-12(17)14-13(20)21-10/h2-5H,6H2,1H3,(H,15,16)(H,14,17,20). The van der Waals surface area contributed by atoms with Gasteiger partial charge in [-0.15, -0.1) is 0 Å². The van der Waals surface area contributed by atoms with Crippen molar-refractivity contribution in [3.05, 3.63) is 28.7 Å². The maximum atomic E-state index is 11.6. The van der Waals surface area contributed by atoms with E-state index in [0.717, 1.165) is 5.56 Å². The molecule has 1 heterocycles. The molecule has 1 aliphatic heterocycles. The van der Waals surface area contributed by atoms with Gasteiger partial charge in [0, 0.05) is 0 Å². The number of hydrogen-bond acceptors (Lipinski definition) is 6. The quantitative estimate of drug-likeness (QED) is 0.629. The van der Waals surface area contributed by atoms with E-state index < -0.39 is 12.6 Å². The van der Waals surface area contributed by atoms with Gasteiger partial charge in [0.2, 0.25) is 0 Å². The van der Waals surface area contributed by atoms with Gasteiger partial charge in [0.25, 0.3) is 5.91 Å². The number of methoxy groups -OCH3 is 1. The first-order valence-electron chi connectivity index (χ1n) is 5.77. The number of aliphatic carboxylic acids is 1. The number of thioether (sulfide) groups is 1. The largest absolute Gasteiger partial charge is 0.493 e. The zero-order valence-electron chi connectivity index (χ0n) is 10.9. The number of thiocarbonyl (C=S) groups is 1. The molecule has 0 aromatic heterocycles. The van der Waals surface area contributed by atoms with Crippen LogP contribution in [-0.4, -0.2) is 35.0 Å². The van der Waals surface area contributed by atoms with E-state index in [1.807, 2.05) is 0 Å². The van der Waals surface area contributed by atoms with E-state index in [9.17, 15) is 9.59 Å². The second-order valence-electron chi connectivity index (χ2n) is 3.94. The Labute approximate surface area is 130 Å². The van der Waals surface area contributed by atoms with E-state index in [1.165, 1.54) is 18.9 Å². The number of carboxylic acids is 1. The van der Waals surface area contributed by atoms with Crippen molar-refractivity contribution in [3.63, 3.8) is 0 Å². The highest BCUT2D eigenvalue weighted by molar-refractivity contribution is 8.26. The van der Waals surface area contributed by atoms with Crippen LogP contribution in [0.3, 0.4) is 0 Å². The van der Waals surface area contributed by atoms with Crippen LogP contribution in [0.1, 0.15) is 5.56 Å². The van der Waals surface area contributed by atoms with Crippen LogP contribution in [0, 0.1) is 0 Å². The van der Waals surface area contributed by atoms with E-state index in [4.69, 9.17) is 26.8 Å². The zero-order valence-corrected chi connectivity index (χ0v) is 12.5. The van der Waals surface area contributed by atoms with Gasteiger partial charge in [0.15, 0.2) is 18.1 Å². The summed E-state index contributed by atoms with van der Waals surface area (Å²) in [5, 5.41) is 11.1. The summed E-state index contributed by atoms with van der Waals surface area (Å²) in [6.45, 7) is -0.455. The Morgan fingerprint density at radius 3 is 2.81 bits per heavy atom. The molecule has 6 nitrogen and oxygen atoms in total. The highest BCUT2D eigenvalue weighted by Crippen LogP contribution is 2.31. The second-order valence-corrected chi connectivity index (χ2v) is 5.66. The molecule has 1 saturated heterocycles. The summed E-state index contributed by atoms with van der Waals surface area (Å²) in [5.41, 5.74) is 0.719. The van der Waals surface area contributed by atoms with Crippen molar-refractivity contribution in [2.24, 2.45) is 0 Å². The molecule has 0 saturated carbocycles. The average Bonchev–Trinajstić information content (AvgIpc) is 2.75. The molecule has 8 heteroatoms. The molecule has 21 heavy (non-hydrogen) atoms. The van der Waals surface area contributed by atoms with Crippen molar-refractivity contribution in [2.75, 3.05) is 13.7 Å². The summed E-state index contributed by atoms with van der Waals surface area (Å²) >= 11 is 6.09. The third-order valence-corrected chi connectivity index (χ3v) is 3.64. The summed E-state index contributed by atoms with van der Waals surface area (Å²) in [6.07, 6.45) is 1.67. The van der Waals surface area contributed by atoms with Crippen LogP contribution in [0.5, 0.6) is 11.5 Å². The first-order chi connectivity index (χ1) is 9.99. The Bertz CT molecular complexity index is 641. The van der Waals surface area contributed by atoms with Crippen LogP contribution < -0.4 is 14.8 Å². The van der Waals surface area contributed by atoms with Crippen molar-refractivity contribution >= 4 is 46.3 Å². The third kappa shape index (κ3) is 3.96. The molecular weight excluding hydrogens is 314 g/mol. The second kappa shape index (κ2) is 6.59. The maximum absolute atomic E-state index is 11.6. The number of rotatable bonds is 5. The fourth-order valence-electron chi connectivity index (χ4n) is 1.61. The lowest BCUT2D eigenvalue weighted by molar-refractivity contribution is -0.139. The minimum atomic E-state index is -1.07. The van der Waals surface area contributed by atoms with Crippen LogP contribution in [0.25, 0.3) is 6.08 Å². The van der Waals surface area contributed by atoms with E-state index in [1.54, 1.807) is 24.3 Å². The van der Waals surface area contributed by atoms with Gasteiger partial charge >= 0.3 is 5.97 Å². The molecule has 0 bridgehead atoms. The van der Waals surface area contributed by atoms with Crippen molar-refractivity contribution < 1.29 is 24.2 Å². The summed E-state index contributed by atoms with van der Waals surface area (Å²) in [6, 6.07) is 4.94. The van der Waals surface area contributed by atoms with Crippen LogP contribution in [0.2, 0.25) is 0 Å². The van der Waals surface area contributed by atoms with Gasteiger partial charge in [-0.25, -0.2) is 4.79 Å². The van der Waals surface area contributed by atoms with E-state index >= 15 is 0 Å². The Morgan fingerprint density at radius 1 is 1.48 bits per heavy atom. The van der Waals surface area contributed by atoms with Gasteiger partial charge in [-0.3, -0.25) is 4.79 Å². The predicted octanol–water partition coefficient (Wildman–Crippen LogP) is 1.65. The van der Waals surface area contributed by atoms with E-state index in [-0.39, 0.29) is 5.91 Å². The van der Waals surface area contributed by atoms with Crippen LogP contribution in [-0.2, 0) is 9.59 Å². The molecule has 2 N–H and O–H groups in total. The number of benzene rings is 1. The minimum Gasteiger partial charge on any atom is -0.493 e. The molecular formula is C13H11NO5S2. The van der Waals surface area contributed by atoms with Crippen molar-refractivity contribution in [2.45, 2.75) is 0 Å². The highest BCUT2D eigenvalue weighted by atomic mass is 32.2. The number of carbonyl (C=O) groups excluding carboxylic acids is 1. The molecule has 1 amide bonds. The zero-order chi connectivity index (χ0) is 15.4. The molecule has 0 aliphatic carbocycles. The van der Waals surface area contributed by atoms with Gasteiger partial charge in [-0.05, 0) is 23.8 Å². The number of carbonyl (C=O) groups is 2. The van der Waals surface area contributed by atoms with Gasteiger partial charge in [-0.1, -0.05) is 30.0 Å². The van der Waals surface area contributed by atoms with E-state index in [2.05, 4.69) is 5.32 Å². The molecule has 0 radical (unpaired) electrons. The number of nitrogens with one attached hydrogen (secondary N) is 1. The summed E-state index contributed by atoms with van der Waals surface area (Å²) in [5.74, 6) is -0.608. The molecule has 1 aromatic rings. The molecule has 1 fully saturated rings.